The zero-order valence-corrected chi connectivity index (χ0v) is 9.55. The summed E-state index contributed by atoms with van der Waals surface area (Å²) in [6.45, 7) is 3.63. The molecule has 0 aromatic rings. The Morgan fingerprint density at radius 2 is 2.07 bits per heavy atom. The normalized spacial score (nSPS) is 21.6. The molecule has 1 aliphatic rings. The Balaban J connectivity index is 2.49. The topological polar surface area (TPSA) is 54.4 Å². The molecule has 2 unspecified atom stereocenters. The zero-order chi connectivity index (χ0) is 10.7. The summed E-state index contributed by atoms with van der Waals surface area (Å²) < 4.78 is 11.8. The number of aliphatic carboxylic acids is 1. The van der Waals surface area contributed by atoms with Crippen LogP contribution in [0.25, 0.3) is 0 Å². The molecular formula is C10H18O3S. The van der Waals surface area contributed by atoms with Crippen LogP contribution < -0.4 is 0 Å². The van der Waals surface area contributed by atoms with Gasteiger partial charge >= 0.3 is 5.97 Å². The van der Waals surface area contributed by atoms with Gasteiger partial charge in [0, 0.05) is 16.6 Å². The van der Waals surface area contributed by atoms with Gasteiger partial charge in [0.1, 0.15) is 5.25 Å². The molecule has 1 aliphatic carbocycles. The Morgan fingerprint density at radius 3 is 2.36 bits per heavy atom. The molecule has 0 aromatic carbocycles. The fourth-order valence-electron chi connectivity index (χ4n) is 1.70. The van der Waals surface area contributed by atoms with Crippen LogP contribution in [0.5, 0.6) is 0 Å². The van der Waals surface area contributed by atoms with Crippen LogP contribution in [0, 0.1) is 11.8 Å². The van der Waals surface area contributed by atoms with Crippen LogP contribution in [-0.2, 0) is 15.6 Å². The number of carboxylic acid groups (broad SMARTS) is 1. The molecule has 0 bridgehead atoms. The second-order valence-corrected chi connectivity index (χ2v) is 5.95. The summed E-state index contributed by atoms with van der Waals surface area (Å²) >= 11 is 0. The molecule has 1 rings (SSSR count). The van der Waals surface area contributed by atoms with Crippen LogP contribution in [-0.4, -0.2) is 26.3 Å². The highest BCUT2D eigenvalue weighted by Gasteiger charge is 2.31. The molecule has 0 radical (unpaired) electrons. The molecule has 1 saturated carbocycles. The van der Waals surface area contributed by atoms with Crippen LogP contribution >= 0.6 is 0 Å². The summed E-state index contributed by atoms with van der Waals surface area (Å²) in [5, 5.41) is 8.24. The molecule has 3 nitrogen and oxygen atoms in total. The minimum absolute atomic E-state index is 0.0478. The van der Waals surface area contributed by atoms with Crippen molar-refractivity contribution >= 4 is 16.8 Å². The van der Waals surface area contributed by atoms with Crippen molar-refractivity contribution in [2.24, 2.45) is 11.8 Å². The van der Waals surface area contributed by atoms with Gasteiger partial charge < -0.3 is 5.11 Å². The van der Waals surface area contributed by atoms with Gasteiger partial charge in [-0.1, -0.05) is 20.3 Å². The van der Waals surface area contributed by atoms with Crippen molar-refractivity contribution in [3.8, 4) is 0 Å². The van der Waals surface area contributed by atoms with Gasteiger partial charge in [-0.3, -0.25) is 9.00 Å². The van der Waals surface area contributed by atoms with Crippen molar-refractivity contribution < 1.29 is 14.1 Å². The molecule has 82 valence electrons. The number of hydrogen-bond donors (Lipinski definition) is 1. The molecule has 0 spiro atoms. The lowest BCUT2D eigenvalue weighted by molar-refractivity contribution is -0.137. The van der Waals surface area contributed by atoms with Gasteiger partial charge in [0.25, 0.3) is 0 Å². The van der Waals surface area contributed by atoms with E-state index >= 15 is 0 Å². The number of carbonyl (C=O) groups is 1. The lowest BCUT2D eigenvalue weighted by atomic mass is 9.87. The maximum atomic E-state index is 11.8. The van der Waals surface area contributed by atoms with Crippen LogP contribution in [0.1, 0.15) is 33.1 Å². The van der Waals surface area contributed by atoms with Gasteiger partial charge in [-0.05, 0) is 24.7 Å². The van der Waals surface area contributed by atoms with E-state index in [2.05, 4.69) is 0 Å². The Morgan fingerprint density at radius 1 is 1.50 bits per heavy atom. The summed E-state index contributed by atoms with van der Waals surface area (Å²) in [5.41, 5.74) is 0. The first-order valence-electron chi connectivity index (χ1n) is 5.12. The van der Waals surface area contributed by atoms with E-state index in [0.29, 0.717) is 11.7 Å². The van der Waals surface area contributed by atoms with Crippen LogP contribution in [0.3, 0.4) is 0 Å². The smallest absolute Gasteiger partial charge is 0.319 e. The van der Waals surface area contributed by atoms with E-state index in [4.69, 9.17) is 5.11 Å². The van der Waals surface area contributed by atoms with Crippen LogP contribution in [0.15, 0.2) is 0 Å². The van der Waals surface area contributed by atoms with Crippen molar-refractivity contribution in [3.05, 3.63) is 0 Å². The van der Waals surface area contributed by atoms with Gasteiger partial charge in [-0.15, -0.1) is 0 Å². The van der Waals surface area contributed by atoms with E-state index in [1.165, 1.54) is 6.42 Å². The second-order valence-electron chi connectivity index (χ2n) is 4.35. The first kappa shape index (κ1) is 11.7. The van der Waals surface area contributed by atoms with Gasteiger partial charge in [0.05, 0.1) is 0 Å². The average Bonchev–Trinajstić information content (AvgIpc) is 1.95. The Labute approximate surface area is 87.3 Å². The molecule has 1 fully saturated rings. The average molecular weight is 218 g/mol. The molecule has 14 heavy (non-hydrogen) atoms. The highest BCUT2D eigenvalue weighted by molar-refractivity contribution is 7.86. The fraction of sp³-hybridized carbons (Fsp3) is 0.900. The van der Waals surface area contributed by atoms with Gasteiger partial charge in [-0.25, -0.2) is 0 Å². The molecule has 0 amide bonds. The monoisotopic (exact) mass is 218 g/mol. The maximum Gasteiger partial charge on any atom is 0.319 e. The van der Waals surface area contributed by atoms with E-state index in [-0.39, 0.29) is 5.92 Å². The Kier molecular flexibility index (Phi) is 4.11. The van der Waals surface area contributed by atoms with E-state index < -0.39 is 22.0 Å². The minimum atomic E-state index is -1.20. The summed E-state index contributed by atoms with van der Waals surface area (Å²) in [6.07, 6.45) is 3.45. The molecular weight excluding hydrogens is 200 g/mol. The van der Waals surface area contributed by atoms with Crippen LogP contribution in [0.2, 0.25) is 0 Å². The van der Waals surface area contributed by atoms with Gasteiger partial charge in [0.2, 0.25) is 0 Å². The van der Waals surface area contributed by atoms with Crippen molar-refractivity contribution in [3.63, 3.8) is 0 Å². The number of hydrogen-bond acceptors (Lipinski definition) is 2. The first-order valence-corrected chi connectivity index (χ1v) is 6.50. The summed E-state index contributed by atoms with van der Waals surface area (Å²) in [7, 11) is -1.20. The quantitative estimate of drug-likeness (QED) is 0.763. The third-order valence-electron chi connectivity index (χ3n) is 2.76. The molecule has 0 heterocycles. The van der Waals surface area contributed by atoms with Crippen LogP contribution in [0.4, 0.5) is 0 Å². The molecule has 0 saturated heterocycles. The SMILES string of the molecule is CC(C)C(C(=O)O)S(=O)CC1CCC1. The first-order chi connectivity index (χ1) is 6.52. The van der Waals surface area contributed by atoms with E-state index in [9.17, 15) is 9.00 Å². The maximum absolute atomic E-state index is 11.8. The zero-order valence-electron chi connectivity index (χ0n) is 8.73. The largest absolute Gasteiger partial charge is 0.480 e. The predicted molar refractivity (Wildman–Crippen MR) is 56.6 cm³/mol. The van der Waals surface area contributed by atoms with E-state index in [1.807, 2.05) is 13.8 Å². The lowest BCUT2D eigenvalue weighted by Gasteiger charge is -2.26. The summed E-state index contributed by atoms with van der Waals surface area (Å²) in [5.74, 6) is 0.123. The second kappa shape index (κ2) is 4.91. The third-order valence-corrected chi connectivity index (χ3v) is 4.87. The van der Waals surface area contributed by atoms with Gasteiger partial charge in [-0.2, -0.15) is 0 Å². The minimum Gasteiger partial charge on any atom is -0.480 e. The Hall–Kier alpha value is -0.380. The van der Waals surface area contributed by atoms with E-state index in [1.54, 1.807) is 0 Å². The van der Waals surface area contributed by atoms with Crippen molar-refractivity contribution in [2.45, 2.75) is 38.4 Å². The highest BCUT2D eigenvalue weighted by Crippen LogP contribution is 2.28. The molecule has 1 N–H and O–H groups in total. The summed E-state index contributed by atoms with van der Waals surface area (Å²) in [4.78, 5) is 10.9. The fourth-order valence-corrected chi connectivity index (χ4v) is 3.53. The third kappa shape index (κ3) is 2.80. The molecule has 2 atom stereocenters. The van der Waals surface area contributed by atoms with Crippen molar-refractivity contribution in [1.82, 2.24) is 0 Å². The van der Waals surface area contributed by atoms with E-state index in [0.717, 1.165) is 12.8 Å². The highest BCUT2D eigenvalue weighted by atomic mass is 32.2. The number of rotatable bonds is 5. The lowest BCUT2D eigenvalue weighted by Crippen LogP contribution is -2.35. The predicted octanol–water partition coefficient (Wildman–Crippen LogP) is 1.64. The number of carboxylic acids is 1. The molecule has 0 aliphatic heterocycles. The summed E-state index contributed by atoms with van der Waals surface area (Å²) in [6, 6.07) is 0. The van der Waals surface area contributed by atoms with Crippen molar-refractivity contribution in [1.29, 1.82) is 0 Å². The van der Waals surface area contributed by atoms with Crippen molar-refractivity contribution in [2.75, 3.05) is 5.75 Å². The molecule has 4 heteroatoms. The Bertz CT molecular complexity index is 234. The van der Waals surface area contributed by atoms with Gasteiger partial charge in [0.15, 0.2) is 0 Å². The molecule has 0 aromatic heterocycles. The standard InChI is InChI=1S/C10H18O3S/c1-7(2)9(10(11)12)14(13)6-8-4-3-5-8/h7-9H,3-6H2,1-2H3,(H,11,12).